The average molecular weight is 467 g/mol. The molecule has 1 saturated heterocycles. The number of para-hydroxylation sites is 1. The van der Waals surface area contributed by atoms with Crippen LogP contribution in [0.2, 0.25) is 0 Å². The van der Waals surface area contributed by atoms with Crippen LogP contribution in [-0.4, -0.2) is 42.2 Å². The van der Waals surface area contributed by atoms with Gasteiger partial charge >= 0.3 is 6.09 Å². The molecule has 1 heterocycles. The number of hydrogen-bond acceptors (Lipinski definition) is 4. The van der Waals surface area contributed by atoms with Gasteiger partial charge in [-0.25, -0.2) is 4.79 Å². The summed E-state index contributed by atoms with van der Waals surface area (Å²) in [5, 5.41) is 2.87. The van der Waals surface area contributed by atoms with Gasteiger partial charge in [0.05, 0.1) is 0 Å². The Kier molecular flexibility index (Phi) is 9.37. The van der Waals surface area contributed by atoms with E-state index in [0.717, 1.165) is 44.5 Å². The van der Waals surface area contributed by atoms with E-state index in [1.807, 2.05) is 68.1 Å². The number of benzene rings is 2. The second-order valence-corrected chi connectivity index (χ2v) is 10.0. The van der Waals surface area contributed by atoms with Crippen molar-refractivity contribution >= 4 is 17.7 Å². The largest absolute Gasteiger partial charge is 0.484 e. The third kappa shape index (κ3) is 9.08. The topological polar surface area (TPSA) is 67.9 Å². The molecule has 2 amide bonds. The lowest BCUT2D eigenvalue weighted by molar-refractivity contribution is -0.118. The molecule has 2 aromatic carbocycles. The van der Waals surface area contributed by atoms with Crippen LogP contribution in [0.3, 0.4) is 0 Å². The molecular weight excluding hydrogens is 428 g/mol. The Morgan fingerprint density at radius 1 is 0.971 bits per heavy atom. The monoisotopic (exact) mass is 466 g/mol. The fraction of sp³-hybridized carbons (Fsp3) is 0.500. The number of hydrogen-bond donors (Lipinski definition) is 1. The number of carbonyl (C=O) groups excluding carboxylic acids is 2. The fourth-order valence-corrected chi connectivity index (χ4v) is 4.11. The van der Waals surface area contributed by atoms with Crippen LogP contribution >= 0.6 is 0 Å². The minimum Gasteiger partial charge on any atom is -0.484 e. The summed E-state index contributed by atoms with van der Waals surface area (Å²) < 4.78 is 11.0. The van der Waals surface area contributed by atoms with Crippen molar-refractivity contribution in [2.45, 2.75) is 64.9 Å². The molecule has 0 aliphatic carbocycles. The number of aryl methyl sites for hydroxylation is 1. The highest BCUT2D eigenvalue weighted by molar-refractivity contribution is 5.91. The van der Waals surface area contributed by atoms with Crippen molar-refractivity contribution in [2.24, 2.45) is 5.92 Å². The lowest BCUT2D eigenvalue weighted by Crippen LogP contribution is -2.41. The van der Waals surface area contributed by atoms with Gasteiger partial charge in [-0.05, 0) is 82.2 Å². The van der Waals surface area contributed by atoms with Crippen molar-refractivity contribution in [1.82, 2.24) is 4.90 Å². The van der Waals surface area contributed by atoms with E-state index in [4.69, 9.17) is 9.47 Å². The van der Waals surface area contributed by atoms with E-state index in [2.05, 4.69) is 17.4 Å². The van der Waals surface area contributed by atoms with E-state index in [9.17, 15) is 9.59 Å². The molecule has 3 rings (SSSR count). The highest BCUT2D eigenvalue weighted by Crippen LogP contribution is 2.24. The minimum absolute atomic E-state index is 0.0114. The van der Waals surface area contributed by atoms with E-state index >= 15 is 0 Å². The molecule has 1 aliphatic rings. The van der Waals surface area contributed by atoms with Crippen molar-refractivity contribution in [3.05, 3.63) is 60.2 Å². The van der Waals surface area contributed by atoms with Crippen LogP contribution in [0, 0.1) is 5.92 Å². The maximum Gasteiger partial charge on any atom is 0.410 e. The van der Waals surface area contributed by atoms with Crippen LogP contribution in [0.5, 0.6) is 5.75 Å². The summed E-state index contributed by atoms with van der Waals surface area (Å²) in [6, 6.07) is 17.4. The predicted octanol–water partition coefficient (Wildman–Crippen LogP) is 6.06. The van der Waals surface area contributed by atoms with Gasteiger partial charge in [0, 0.05) is 18.8 Å². The average Bonchev–Trinajstić information content (AvgIpc) is 2.81. The van der Waals surface area contributed by atoms with Crippen LogP contribution < -0.4 is 10.1 Å². The van der Waals surface area contributed by atoms with Gasteiger partial charge in [-0.15, -0.1) is 0 Å². The lowest BCUT2D eigenvalue weighted by atomic mass is 9.91. The normalized spacial score (nSPS) is 14.5. The number of nitrogens with zero attached hydrogens (tertiary/aromatic N) is 1. The van der Waals surface area contributed by atoms with Crippen molar-refractivity contribution in [3.8, 4) is 5.75 Å². The predicted molar refractivity (Wildman–Crippen MR) is 135 cm³/mol. The zero-order valence-electron chi connectivity index (χ0n) is 20.7. The molecule has 6 nitrogen and oxygen atoms in total. The second-order valence-electron chi connectivity index (χ2n) is 10.0. The number of carbonyl (C=O) groups is 2. The van der Waals surface area contributed by atoms with E-state index < -0.39 is 5.60 Å². The molecule has 0 spiro atoms. The Hall–Kier alpha value is -3.02. The smallest absolute Gasteiger partial charge is 0.410 e. The molecule has 184 valence electrons. The summed E-state index contributed by atoms with van der Waals surface area (Å²) in [5.41, 5.74) is 1.62. The number of unbranched alkanes of at least 4 members (excludes halogenated alkanes) is 1. The zero-order chi connectivity index (χ0) is 24.4. The first-order valence-corrected chi connectivity index (χ1v) is 12.3. The number of nitrogens with one attached hydrogen (secondary N) is 1. The van der Waals surface area contributed by atoms with Crippen LogP contribution in [0.15, 0.2) is 54.6 Å². The first-order chi connectivity index (χ1) is 16.3. The fourth-order valence-electron chi connectivity index (χ4n) is 4.11. The number of amides is 2. The van der Waals surface area contributed by atoms with Gasteiger partial charge < -0.3 is 19.7 Å². The lowest BCUT2D eigenvalue weighted by Gasteiger charge is -2.33. The van der Waals surface area contributed by atoms with Crippen LogP contribution in [0.1, 0.15) is 58.4 Å². The van der Waals surface area contributed by atoms with Gasteiger partial charge in [0.15, 0.2) is 6.61 Å². The molecule has 1 fully saturated rings. The van der Waals surface area contributed by atoms with Crippen LogP contribution in [-0.2, 0) is 16.0 Å². The van der Waals surface area contributed by atoms with E-state index in [-0.39, 0.29) is 18.6 Å². The number of likely N-dealkylation sites (tertiary alicyclic amines) is 1. The highest BCUT2D eigenvalue weighted by Gasteiger charge is 2.26. The molecule has 0 radical (unpaired) electrons. The molecule has 1 N–H and O–H groups in total. The van der Waals surface area contributed by atoms with E-state index in [1.165, 1.54) is 18.4 Å². The van der Waals surface area contributed by atoms with Crippen molar-refractivity contribution in [1.29, 1.82) is 0 Å². The molecule has 1 aliphatic heterocycles. The number of anilines is 1. The third-order valence-electron chi connectivity index (χ3n) is 5.94. The number of ether oxygens (including phenoxy) is 2. The van der Waals surface area contributed by atoms with E-state index in [0.29, 0.717) is 11.7 Å². The Bertz CT molecular complexity index is 898. The summed E-state index contributed by atoms with van der Waals surface area (Å²) >= 11 is 0. The Labute approximate surface area is 203 Å². The summed E-state index contributed by atoms with van der Waals surface area (Å²) in [6.07, 6.45) is 6.49. The van der Waals surface area contributed by atoms with Gasteiger partial charge in [-0.1, -0.05) is 43.2 Å². The molecule has 6 heteroatoms. The Balaban J connectivity index is 1.29. The Morgan fingerprint density at radius 3 is 2.29 bits per heavy atom. The number of rotatable bonds is 9. The van der Waals surface area contributed by atoms with E-state index in [1.54, 1.807) is 0 Å². The maximum absolute atomic E-state index is 12.2. The highest BCUT2D eigenvalue weighted by atomic mass is 16.6. The van der Waals surface area contributed by atoms with Gasteiger partial charge in [-0.2, -0.15) is 0 Å². The molecular formula is C28H38N2O4. The molecule has 0 saturated carbocycles. The van der Waals surface area contributed by atoms with Crippen molar-refractivity contribution in [2.75, 3.05) is 25.0 Å². The second kappa shape index (κ2) is 12.4. The molecule has 2 aromatic rings. The quantitative estimate of drug-likeness (QED) is 0.456. The first-order valence-electron chi connectivity index (χ1n) is 12.3. The Morgan fingerprint density at radius 2 is 1.65 bits per heavy atom. The zero-order valence-corrected chi connectivity index (χ0v) is 20.7. The van der Waals surface area contributed by atoms with Crippen molar-refractivity contribution < 1.29 is 19.1 Å². The summed E-state index contributed by atoms with van der Waals surface area (Å²) in [6.45, 7) is 7.30. The summed E-state index contributed by atoms with van der Waals surface area (Å²) in [5.74, 6) is 1.20. The maximum atomic E-state index is 12.2. The molecule has 0 bridgehead atoms. The first kappa shape index (κ1) is 25.6. The molecule has 0 aromatic heterocycles. The van der Waals surface area contributed by atoms with Crippen molar-refractivity contribution in [3.63, 3.8) is 0 Å². The van der Waals surface area contributed by atoms with Gasteiger partial charge in [0.2, 0.25) is 0 Å². The van der Waals surface area contributed by atoms with Crippen LogP contribution in [0.25, 0.3) is 0 Å². The standard InChI is InChI=1S/C28H38N2O4/c1-28(2,3)34-27(32)30-19-17-23(18-20-30)10-8-7-9-22-13-15-24(16-14-22)29-26(31)21-33-25-11-5-4-6-12-25/h4-6,11-16,23H,7-10,17-21H2,1-3H3,(H,29,31). The van der Waals surface area contributed by atoms with Crippen LogP contribution in [0.4, 0.5) is 10.5 Å². The van der Waals surface area contributed by atoms with Gasteiger partial charge in [0.25, 0.3) is 5.91 Å². The third-order valence-corrected chi connectivity index (χ3v) is 5.94. The molecule has 0 unspecified atom stereocenters. The summed E-state index contributed by atoms with van der Waals surface area (Å²) in [7, 11) is 0. The van der Waals surface area contributed by atoms with Gasteiger partial charge in [0.1, 0.15) is 11.4 Å². The minimum atomic E-state index is -0.436. The molecule has 34 heavy (non-hydrogen) atoms. The van der Waals surface area contributed by atoms with Gasteiger partial charge in [-0.3, -0.25) is 4.79 Å². The number of piperidine rings is 1. The molecule has 0 atom stereocenters. The SMILES string of the molecule is CC(C)(C)OC(=O)N1CCC(CCCCc2ccc(NC(=O)COc3ccccc3)cc2)CC1. The summed E-state index contributed by atoms with van der Waals surface area (Å²) in [4.78, 5) is 26.1.